The first-order valence-corrected chi connectivity index (χ1v) is 21.6. The Morgan fingerprint density at radius 1 is 0.509 bits per heavy atom. The molecule has 57 heavy (non-hydrogen) atoms. The van der Waals surface area contributed by atoms with E-state index in [-0.39, 0.29) is 36.7 Å². The molecule has 0 aliphatic carbocycles. The number of hydrogen-bond acceptors (Lipinski definition) is 10. The summed E-state index contributed by atoms with van der Waals surface area (Å²) in [6.45, 7) is 2.93. The van der Waals surface area contributed by atoms with E-state index in [0.717, 1.165) is 50.0 Å². The Bertz CT molecular complexity index is 2620. The predicted molar refractivity (Wildman–Crippen MR) is 217 cm³/mol. The van der Waals surface area contributed by atoms with E-state index in [0.29, 0.717) is 60.9 Å². The molecule has 300 valence electrons. The number of carbonyl (C=O) groups excluding carboxylic acids is 4. The van der Waals surface area contributed by atoms with Gasteiger partial charge in [-0.1, -0.05) is 48.5 Å². The van der Waals surface area contributed by atoms with Gasteiger partial charge in [0.15, 0.2) is 0 Å². The van der Waals surface area contributed by atoms with Crippen molar-refractivity contribution in [3.63, 3.8) is 0 Å². The second-order valence-electron chi connectivity index (χ2n) is 13.8. The largest absolute Gasteiger partial charge is 0.343 e. The van der Waals surface area contributed by atoms with Crippen LogP contribution in [0.5, 0.6) is 0 Å². The number of aryl methyl sites for hydroxylation is 2. The van der Waals surface area contributed by atoms with Crippen LogP contribution in [0.3, 0.4) is 0 Å². The molecule has 4 aromatic carbocycles. The lowest BCUT2D eigenvalue weighted by atomic mass is 10.0. The third-order valence-electron chi connectivity index (χ3n) is 9.74. The summed E-state index contributed by atoms with van der Waals surface area (Å²) >= 11 is 0. The van der Waals surface area contributed by atoms with Crippen molar-refractivity contribution in [1.29, 1.82) is 0 Å². The van der Waals surface area contributed by atoms with Gasteiger partial charge >= 0.3 is 0 Å². The van der Waals surface area contributed by atoms with Crippen LogP contribution in [0.4, 0.5) is 0 Å². The van der Waals surface area contributed by atoms with Gasteiger partial charge in [-0.05, 0) is 43.8 Å². The molecule has 4 heterocycles. The molecule has 0 atom stereocenters. The van der Waals surface area contributed by atoms with Gasteiger partial charge in [0.1, 0.15) is 0 Å². The highest BCUT2D eigenvalue weighted by molar-refractivity contribution is 7.85. The van der Waals surface area contributed by atoms with E-state index in [9.17, 15) is 36.0 Å². The maximum absolute atomic E-state index is 13.4. The van der Waals surface area contributed by atoms with Crippen LogP contribution in [0.1, 0.15) is 47.9 Å². The van der Waals surface area contributed by atoms with Crippen LogP contribution >= 0.6 is 0 Å². The first-order valence-electron chi connectivity index (χ1n) is 17.9. The first kappa shape index (κ1) is 41.1. The predicted octanol–water partition coefficient (Wildman–Crippen LogP) is 3.45. The molecule has 0 unspecified atom stereocenters. The number of rotatable bonds is 10. The van der Waals surface area contributed by atoms with Crippen LogP contribution in [0, 0.1) is 0 Å². The monoisotopic (exact) mass is 818 g/mol. The molecule has 2 aromatic heterocycles. The molecule has 8 rings (SSSR count). The Morgan fingerprint density at radius 2 is 0.860 bits per heavy atom. The van der Waals surface area contributed by atoms with E-state index in [1.165, 1.54) is 9.80 Å². The lowest BCUT2D eigenvalue weighted by Gasteiger charge is -2.15. The van der Waals surface area contributed by atoms with Gasteiger partial charge in [-0.3, -0.25) is 38.1 Å². The molecule has 0 spiro atoms. The zero-order valence-corrected chi connectivity index (χ0v) is 33.3. The average molecular weight is 819 g/mol. The van der Waals surface area contributed by atoms with Gasteiger partial charge in [-0.25, -0.2) is 0 Å². The number of carbonyl (C=O) groups is 4. The Balaban J connectivity index is 0.000000492. The van der Waals surface area contributed by atoms with Crippen molar-refractivity contribution in [3.05, 3.63) is 95.1 Å². The van der Waals surface area contributed by atoms with Gasteiger partial charge < -0.3 is 19.8 Å². The zero-order chi connectivity index (χ0) is 41.4. The van der Waals surface area contributed by atoms with Gasteiger partial charge in [0.05, 0.1) is 45.8 Å². The fraction of sp³-hybridized carbons (Fsp3) is 0.282. The summed E-state index contributed by atoms with van der Waals surface area (Å²) < 4.78 is 55.7. The van der Waals surface area contributed by atoms with Crippen LogP contribution in [0.25, 0.3) is 43.6 Å². The quantitative estimate of drug-likeness (QED) is 0.0889. The van der Waals surface area contributed by atoms with Crippen molar-refractivity contribution >= 4 is 87.5 Å². The van der Waals surface area contributed by atoms with Gasteiger partial charge in [0, 0.05) is 72.9 Å². The minimum Gasteiger partial charge on any atom is -0.343 e. The Morgan fingerprint density at radius 3 is 1.23 bits per heavy atom. The summed E-state index contributed by atoms with van der Waals surface area (Å²) in [4.78, 5) is 55.9. The van der Waals surface area contributed by atoms with Crippen LogP contribution < -0.4 is 10.6 Å². The minimum absolute atomic E-state index is 0.251. The van der Waals surface area contributed by atoms with Crippen molar-refractivity contribution in [2.45, 2.75) is 6.42 Å². The summed E-state index contributed by atoms with van der Waals surface area (Å²) in [6, 6.07) is 23.4. The van der Waals surface area contributed by atoms with E-state index < -0.39 is 20.2 Å². The molecular weight excluding hydrogens is 777 g/mol. The Kier molecular flexibility index (Phi) is 11.7. The normalized spacial score (nSPS) is 14.1. The number of amides is 4. The summed E-state index contributed by atoms with van der Waals surface area (Å²) in [6.07, 6.45) is 2.23. The van der Waals surface area contributed by atoms with Crippen LogP contribution in [0.15, 0.2) is 72.8 Å². The number of aromatic nitrogens is 2. The summed E-state index contributed by atoms with van der Waals surface area (Å²) in [5, 5.41) is 10.7. The number of imide groups is 2. The molecule has 0 saturated carbocycles. The molecule has 0 bridgehead atoms. The second kappa shape index (κ2) is 16.2. The summed E-state index contributed by atoms with van der Waals surface area (Å²) in [5.41, 5.74) is 5.52. The third kappa shape index (κ3) is 8.46. The number of nitrogens with one attached hydrogen (secondary N) is 2. The molecule has 0 saturated heterocycles. The molecule has 4 N–H and O–H groups in total. The molecule has 2 aliphatic rings. The van der Waals surface area contributed by atoms with Crippen molar-refractivity contribution in [2.24, 2.45) is 14.1 Å². The van der Waals surface area contributed by atoms with Gasteiger partial charge in [0.25, 0.3) is 43.9 Å². The number of hydrogen-bond donors (Lipinski definition) is 4. The van der Waals surface area contributed by atoms with E-state index in [1.807, 2.05) is 83.9 Å². The average Bonchev–Trinajstić information content (AvgIpc) is 3.78. The molecule has 16 nitrogen and oxygen atoms in total. The number of para-hydroxylation sites is 2. The second-order valence-corrected chi connectivity index (χ2v) is 16.7. The number of fused-ring (bicyclic) bond motifs is 10. The standard InChI is InChI=1S/C37H34N6O4.2CH4O3S/c1-40-28-10-5-3-8-22(28)24-12-14-26-30(32(24)40)36(46)42(34(26)44)20-18-38-16-7-17-39-19-21-43-35(45)27-15-13-25-23-9-4-6-11-29(23)41(2)33(25)31(27)37(43)47;2*1-5(2,3)4/h3-6,8-15,38-39H,7,16-21H2,1-2H3;2*1H3,(H,2,3,4). The number of nitrogens with zero attached hydrogens (tertiary/aromatic N) is 4. The van der Waals surface area contributed by atoms with E-state index in [2.05, 4.69) is 10.6 Å². The molecular formula is C39H42N6O10S2. The van der Waals surface area contributed by atoms with Crippen molar-refractivity contribution in [1.82, 2.24) is 29.6 Å². The summed E-state index contributed by atoms with van der Waals surface area (Å²) in [7, 11) is -3.46. The maximum atomic E-state index is 13.4. The lowest BCUT2D eigenvalue weighted by Crippen LogP contribution is -2.38. The van der Waals surface area contributed by atoms with Crippen LogP contribution in [0.2, 0.25) is 0 Å². The van der Waals surface area contributed by atoms with Crippen molar-refractivity contribution in [2.75, 3.05) is 51.8 Å². The number of benzene rings is 4. The molecule has 0 radical (unpaired) electrons. The van der Waals surface area contributed by atoms with Crippen molar-refractivity contribution < 1.29 is 45.1 Å². The van der Waals surface area contributed by atoms with E-state index in [4.69, 9.17) is 9.11 Å². The fourth-order valence-corrected chi connectivity index (χ4v) is 7.45. The smallest absolute Gasteiger partial charge is 0.263 e. The highest BCUT2D eigenvalue weighted by Crippen LogP contribution is 2.37. The van der Waals surface area contributed by atoms with E-state index in [1.54, 1.807) is 12.1 Å². The zero-order valence-electron chi connectivity index (χ0n) is 31.6. The molecule has 18 heteroatoms. The van der Waals surface area contributed by atoms with E-state index >= 15 is 0 Å². The Hall–Kier alpha value is -5.50. The molecule has 6 aromatic rings. The fourth-order valence-electron chi connectivity index (χ4n) is 7.45. The molecule has 0 fully saturated rings. The molecule has 2 aliphatic heterocycles. The Labute approximate surface area is 328 Å². The maximum Gasteiger partial charge on any atom is 0.263 e. The SMILES string of the molecule is CS(=O)(=O)O.CS(=O)(=O)O.Cn1c2ccccc2c2ccc3c(c21)C(=O)N(CCNCCCNCCN1C(=O)c2ccc4c5ccccc5n(C)c4c2C1=O)C3=O. The van der Waals surface area contributed by atoms with Crippen LogP contribution in [-0.2, 0) is 34.3 Å². The van der Waals surface area contributed by atoms with Crippen molar-refractivity contribution in [3.8, 4) is 0 Å². The van der Waals surface area contributed by atoms with Gasteiger partial charge in [0.2, 0.25) is 0 Å². The third-order valence-corrected chi connectivity index (χ3v) is 9.74. The van der Waals surface area contributed by atoms with Gasteiger partial charge in [-0.2, -0.15) is 16.8 Å². The minimum atomic E-state index is -3.67. The first-order chi connectivity index (χ1) is 26.9. The van der Waals surface area contributed by atoms with Crippen LogP contribution in [-0.4, -0.2) is 120 Å². The van der Waals surface area contributed by atoms with Gasteiger partial charge in [-0.15, -0.1) is 0 Å². The molecule has 4 amide bonds. The highest BCUT2D eigenvalue weighted by Gasteiger charge is 2.39. The lowest BCUT2D eigenvalue weighted by molar-refractivity contribution is 0.0641. The topological polar surface area (TPSA) is 217 Å². The highest BCUT2D eigenvalue weighted by atomic mass is 32.2. The summed E-state index contributed by atoms with van der Waals surface area (Å²) in [5.74, 6) is -1.01.